The van der Waals surface area contributed by atoms with Crippen molar-refractivity contribution in [1.29, 1.82) is 0 Å². The fraction of sp³-hybridized carbons (Fsp3) is 0.438. The number of halogens is 1. The molecule has 0 spiro atoms. The van der Waals surface area contributed by atoms with E-state index in [1.165, 1.54) is 0 Å². The summed E-state index contributed by atoms with van der Waals surface area (Å²) in [4.78, 5) is 37.6. The fourth-order valence-corrected chi connectivity index (χ4v) is 2.74. The van der Waals surface area contributed by atoms with Crippen LogP contribution in [0.5, 0.6) is 0 Å². The molecular weight excluding hydrogens is 362 g/mol. The lowest BCUT2D eigenvalue weighted by Crippen LogP contribution is -2.51. The number of nitrogens with one attached hydrogen (secondary N) is 1. The van der Waals surface area contributed by atoms with Crippen molar-refractivity contribution in [3.63, 3.8) is 0 Å². The van der Waals surface area contributed by atoms with Gasteiger partial charge in [0, 0.05) is 16.6 Å². The molecule has 3 N–H and O–H groups in total. The first-order valence-corrected chi connectivity index (χ1v) is 8.32. The van der Waals surface area contributed by atoms with Crippen LogP contribution in [0.3, 0.4) is 0 Å². The molecule has 1 aromatic rings. The van der Waals surface area contributed by atoms with Gasteiger partial charge in [0.2, 0.25) is 5.91 Å². The van der Waals surface area contributed by atoms with E-state index >= 15 is 0 Å². The molecular formula is C16H20BrN3O3. The standard InChI is InChI=1S/C16H20BrN3O3/c1-3-16(18,4-2)9-19-13(21)8-20-14(22)11-6-5-10(17)7-12(11)15(20)23/h5-7H,3-4,8-9,18H2,1-2H3,(H,19,21). The van der Waals surface area contributed by atoms with E-state index in [9.17, 15) is 14.4 Å². The van der Waals surface area contributed by atoms with Crippen LogP contribution in [-0.4, -0.2) is 41.2 Å². The molecule has 0 unspecified atom stereocenters. The highest BCUT2D eigenvalue weighted by molar-refractivity contribution is 9.10. The van der Waals surface area contributed by atoms with E-state index in [1.807, 2.05) is 13.8 Å². The summed E-state index contributed by atoms with van der Waals surface area (Å²) >= 11 is 3.27. The molecule has 6 nitrogen and oxygen atoms in total. The minimum Gasteiger partial charge on any atom is -0.353 e. The van der Waals surface area contributed by atoms with Gasteiger partial charge in [-0.2, -0.15) is 0 Å². The number of rotatable bonds is 6. The molecule has 2 rings (SSSR count). The first-order valence-electron chi connectivity index (χ1n) is 7.52. The Balaban J connectivity index is 2.03. The molecule has 7 heteroatoms. The zero-order chi connectivity index (χ0) is 17.2. The van der Waals surface area contributed by atoms with Crippen LogP contribution in [0.2, 0.25) is 0 Å². The number of hydrogen-bond donors (Lipinski definition) is 2. The predicted molar refractivity (Wildman–Crippen MR) is 90.0 cm³/mol. The second-order valence-electron chi connectivity index (χ2n) is 5.73. The summed E-state index contributed by atoms with van der Waals surface area (Å²) in [5.41, 5.74) is 6.29. The number of nitrogens with two attached hydrogens (primary N) is 1. The van der Waals surface area contributed by atoms with Gasteiger partial charge in [0.25, 0.3) is 11.8 Å². The second kappa shape index (κ2) is 6.80. The van der Waals surface area contributed by atoms with Crippen LogP contribution in [0.25, 0.3) is 0 Å². The van der Waals surface area contributed by atoms with Gasteiger partial charge < -0.3 is 11.1 Å². The van der Waals surface area contributed by atoms with Crippen molar-refractivity contribution in [2.75, 3.05) is 13.1 Å². The summed E-state index contributed by atoms with van der Waals surface area (Å²) in [7, 11) is 0. The van der Waals surface area contributed by atoms with Gasteiger partial charge in [-0.15, -0.1) is 0 Å². The fourth-order valence-electron chi connectivity index (χ4n) is 2.38. The van der Waals surface area contributed by atoms with Crippen LogP contribution in [0.1, 0.15) is 47.4 Å². The average Bonchev–Trinajstić information content (AvgIpc) is 2.77. The zero-order valence-corrected chi connectivity index (χ0v) is 14.8. The SMILES string of the molecule is CCC(N)(CC)CNC(=O)CN1C(=O)c2ccc(Br)cc2C1=O. The number of carbonyl (C=O) groups is 3. The van der Waals surface area contributed by atoms with Crippen molar-refractivity contribution in [2.24, 2.45) is 5.73 Å². The summed E-state index contributed by atoms with van der Waals surface area (Å²) < 4.78 is 0.711. The van der Waals surface area contributed by atoms with E-state index in [-0.39, 0.29) is 6.54 Å². The van der Waals surface area contributed by atoms with Crippen LogP contribution >= 0.6 is 15.9 Å². The lowest BCUT2D eigenvalue weighted by molar-refractivity contribution is -0.121. The average molecular weight is 382 g/mol. The summed E-state index contributed by atoms with van der Waals surface area (Å²) in [6.07, 6.45) is 1.45. The van der Waals surface area contributed by atoms with E-state index in [2.05, 4.69) is 21.2 Å². The third-order valence-corrected chi connectivity index (χ3v) is 4.77. The Morgan fingerprint density at radius 3 is 2.43 bits per heavy atom. The van der Waals surface area contributed by atoms with Crippen LogP contribution in [0, 0.1) is 0 Å². The Kier molecular flexibility index (Phi) is 5.21. The first-order chi connectivity index (χ1) is 10.8. The molecule has 1 aliphatic heterocycles. The molecule has 0 aromatic heterocycles. The molecule has 1 heterocycles. The van der Waals surface area contributed by atoms with Gasteiger partial charge in [-0.1, -0.05) is 29.8 Å². The maximum atomic E-state index is 12.3. The molecule has 124 valence electrons. The normalized spacial score (nSPS) is 14.2. The minimum absolute atomic E-state index is 0.298. The van der Waals surface area contributed by atoms with E-state index in [1.54, 1.807) is 18.2 Å². The summed E-state index contributed by atoms with van der Waals surface area (Å²) in [5, 5.41) is 2.71. The lowest BCUT2D eigenvalue weighted by atomic mass is 9.94. The molecule has 0 saturated heterocycles. The topological polar surface area (TPSA) is 92.5 Å². The van der Waals surface area contributed by atoms with Crippen molar-refractivity contribution in [1.82, 2.24) is 10.2 Å². The molecule has 0 aliphatic carbocycles. The van der Waals surface area contributed by atoms with E-state index < -0.39 is 23.3 Å². The van der Waals surface area contributed by atoms with Crippen LogP contribution in [0.4, 0.5) is 0 Å². The Bertz CT molecular complexity index is 656. The molecule has 0 atom stereocenters. The van der Waals surface area contributed by atoms with Crippen LogP contribution in [0.15, 0.2) is 22.7 Å². The van der Waals surface area contributed by atoms with Gasteiger partial charge in [0.05, 0.1) is 11.1 Å². The number of carbonyl (C=O) groups excluding carboxylic acids is 3. The second-order valence-corrected chi connectivity index (χ2v) is 6.65. The van der Waals surface area contributed by atoms with Crippen molar-refractivity contribution < 1.29 is 14.4 Å². The number of hydrogen-bond acceptors (Lipinski definition) is 4. The van der Waals surface area contributed by atoms with E-state index in [0.29, 0.717) is 22.1 Å². The van der Waals surface area contributed by atoms with Crippen molar-refractivity contribution >= 4 is 33.7 Å². The molecule has 0 saturated carbocycles. The molecule has 0 bridgehead atoms. The van der Waals surface area contributed by atoms with Crippen LogP contribution < -0.4 is 11.1 Å². The Hall–Kier alpha value is -1.73. The highest BCUT2D eigenvalue weighted by atomic mass is 79.9. The summed E-state index contributed by atoms with van der Waals surface area (Å²) in [6, 6.07) is 4.86. The van der Waals surface area contributed by atoms with Crippen molar-refractivity contribution in [3.8, 4) is 0 Å². The Labute approximate surface area is 143 Å². The number of nitrogens with zero attached hydrogens (tertiary/aromatic N) is 1. The van der Waals surface area contributed by atoms with Gasteiger partial charge >= 0.3 is 0 Å². The largest absolute Gasteiger partial charge is 0.353 e. The minimum atomic E-state index is -0.470. The summed E-state index contributed by atoms with van der Waals surface area (Å²) in [6.45, 7) is 3.93. The number of imide groups is 1. The van der Waals surface area contributed by atoms with Gasteiger partial charge in [0.15, 0.2) is 0 Å². The highest BCUT2D eigenvalue weighted by Gasteiger charge is 2.36. The number of fused-ring (bicyclic) bond motifs is 1. The predicted octanol–water partition coefficient (Wildman–Crippen LogP) is 1.68. The maximum absolute atomic E-state index is 12.3. The lowest BCUT2D eigenvalue weighted by Gasteiger charge is -2.27. The zero-order valence-electron chi connectivity index (χ0n) is 13.2. The van der Waals surface area contributed by atoms with Gasteiger partial charge in [-0.05, 0) is 31.0 Å². The third-order valence-electron chi connectivity index (χ3n) is 4.28. The van der Waals surface area contributed by atoms with Crippen molar-refractivity contribution in [3.05, 3.63) is 33.8 Å². The number of benzene rings is 1. The molecule has 0 fully saturated rings. The summed E-state index contributed by atoms with van der Waals surface area (Å²) in [5.74, 6) is -1.29. The van der Waals surface area contributed by atoms with Crippen molar-refractivity contribution in [2.45, 2.75) is 32.2 Å². The van der Waals surface area contributed by atoms with Crippen LogP contribution in [-0.2, 0) is 4.79 Å². The molecule has 23 heavy (non-hydrogen) atoms. The Morgan fingerprint density at radius 1 is 1.22 bits per heavy atom. The van der Waals surface area contributed by atoms with Gasteiger partial charge in [-0.25, -0.2) is 0 Å². The van der Waals surface area contributed by atoms with E-state index in [4.69, 9.17) is 5.73 Å². The highest BCUT2D eigenvalue weighted by Crippen LogP contribution is 2.25. The van der Waals surface area contributed by atoms with Gasteiger partial charge in [0.1, 0.15) is 6.54 Å². The monoisotopic (exact) mass is 381 g/mol. The maximum Gasteiger partial charge on any atom is 0.262 e. The number of amides is 3. The molecule has 3 amide bonds. The molecule has 0 radical (unpaired) electrons. The smallest absolute Gasteiger partial charge is 0.262 e. The molecule has 1 aromatic carbocycles. The van der Waals surface area contributed by atoms with E-state index in [0.717, 1.165) is 17.7 Å². The molecule has 1 aliphatic rings. The Morgan fingerprint density at radius 2 is 1.83 bits per heavy atom. The quantitative estimate of drug-likeness (QED) is 0.733. The first kappa shape index (κ1) is 17.6. The third kappa shape index (κ3) is 3.61. The van der Waals surface area contributed by atoms with Gasteiger partial charge in [-0.3, -0.25) is 19.3 Å².